The first kappa shape index (κ1) is 16.0. The number of rotatable bonds is 4. The molecule has 2 unspecified atom stereocenters. The zero-order valence-corrected chi connectivity index (χ0v) is 14.2. The van der Waals surface area contributed by atoms with Gasteiger partial charge in [-0.3, -0.25) is 0 Å². The SMILES string of the molecule is CCC1CN(S(=O)(=O)c2ccc(C)cc2)CCC(C2CC2)O1. The minimum Gasteiger partial charge on any atom is -0.373 e. The third kappa shape index (κ3) is 3.36. The molecule has 22 heavy (non-hydrogen) atoms. The maximum Gasteiger partial charge on any atom is 0.243 e. The number of aryl methyl sites for hydroxylation is 1. The van der Waals surface area contributed by atoms with Gasteiger partial charge in [-0.25, -0.2) is 8.42 Å². The zero-order valence-electron chi connectivity index (χ0n) is 13.4. The second-order valence-corrected chi connectivity index (χ2v) is 8.44. The molecule has 5 heteroatoms. The van der Waals surface area contributed by atoms with Gasteiger partial charge in [-0.15, -0.1) is 0 Å². The van der Waals surface area contributed by atoms with Gasteiger partial charge in [0.05, 0.1) is 17.1 Å². The minimum absolute atomic E-state index is 0.00771. The first-order valence-corrected chi connectivity index (χ1v) is 9.67. The smallest absolute Gasteiger partial charge is 0.243 e. The van der Waals surface area contributed by atoms with E-state index in [0.717, 1.165) is 18.4 Å². The lowest BCUT2D eigenvalue weighted by atomic mass is 10.1. The van der Waals surface area contributed by atoms with E-state index in [1.165, 1.54) is 12.8 Å². The van der Waals surface area contributed by atoms with E-state index in [0.29, 0.717) is 23.9 Å². The van der Waals surface area contributed by atoms with Crippen LogP contribution in [0.4, 0.5) is 0 Å². The van der Waals surface area contributed by atoms with Crippen LogP contribution in [0.1, 0.15) is 38.2 Å². The molecule has 1 saturated carbocycles. The van der Waals surface area contributed by atoms with E-state index in [1.807, 2.05) is 19.1 Å². The van der Waals surface area contributed by atoms with Crippen molar-refractivity contribution in [2.45, 2.75) is 56.6 Å². The Morgan fingerprint density at radius 2 is 1.86 bits per heavy atom. The molecule has 3 rings (SSSR count). The quantitative estimate of drug-likeness (QED) is 0.856. The standard InChI is InChI=1S/C17H25NO3S/c1-3-15-12-18(11-10-17(21-15)14-6-7-14)22(19,20)16-8-4-13(2)5-9-16/h4-5,8-9,14-15,17H,3,6-7,10-12H2,1-2H3. The molecule has 1 aromatic carbocycles. The van der Waals surface area contributed by atoms with Crippen molar-refractivity contribution in [1.29, 1.82) is 0 Å². The van der Waals surface area contributed by atoms with Crippen LogP contribution >= 0.6 is 0 Å². The van der Waals surface area contributed by atoms with Crippen molar-refractivity contribution in [2.75, 3.05) is 13.1 Å². The second-order valence-electron chi connectivity index (χ2n) is 6.51. The lowest BCUT2D eigenvalue weighted by Gasteiger charge is -2.23. The van der Waals surface area contributed by atoms with Crippen molar-refractivity contribution in [3.8, 4) is 0 Å². The summed E-state index contributed by atoms with van der Waals surface area (Å²) in [7, 11) is -3.42. The predicted octanol–water partition coefficient (Wildman–Crippen LogP) is 2.96. The molecule has 1 saturated heterocycles. The molecule has 2 aliphatic rings. The Bertz CT molecular complexity index is 607. The average Bonchev–Trinajstić information content (AvgIpc) is 3.33. The lowest BCUT2D eigenvalue weighted by molar-refractivity contribution is -0.0165. The third-order valence-corrected chi connectivity index (χ3v) is 6.58. The summed E-state index contributed by atoms with van der Waals surface area (Å²) in [6, 6.07) is 7.11. The van der Waals surface area contributed by atoms with Gasteiger partial charge in [-0.05, 0) is 50.7 Å². The fourth-order valence-electron chi connectivity index (χ4n) is 3.07. The monoisotopic (exact) mass is 323 g/mol. The molecule has 1 aliphatic heterocycles. The third-order valence-electron chi connectivity index (χ3n) is 4.70. The van der Waals surface area contributed by atoms with Crippen molar-refractivity contribution >= 4 is 10.0 Å². The number of benzene rings is 1. The Kier molecular flexibility index (Phi) is 4.57. The molecular formula is C17H25NO3S. The van der Waals surface area contributed by atoms with Gasteiger partial charge in [0.2, 0.25) is 10.0 Å². The highest BCUT2D eigenvalue weighted by Crippen LogP contribution is 2.38. The highest BCUT2D eigenvalue weighted by atomic mass is 32.2. The molecule has 2 fully saturated rings. The summed E-state index contributed by atoms with van der Waals surface area (Å²) in [6.45, 7) is 5.06. The van der Waals surface area contributed by atoms with Crippen molar-refractivity contribution < 1.29 is 13.2 Å². The largest absolute Gasteiger partial charge is 0.373 e. The Morgan fingerprint density at radius 1 is 1.18 bits per heavy atom. The van der Waals surface area contributed by atoms with Crippen LogP contribution in [0, 0.1) is 12.8 Å². The molecule has 2 atom stereocenters. The lowest BCUT2D eigenvalue weighted by Crippen LogP contribution is -2.36. The number of nitrogens with zero attached hydrogens (tertiary/aromatic N) is 1. The maximum absolute atomic E-state index is 12.9. The van der Waals surface area contributed by atoms with E-state index in [4.69, 9.17) is 4.74 Å². The minimum atomic E-state index is -3.42. The first-order valence-electron chi connectivity index (χ1n) is 8.23. The van der Waals surface area contributed by atoms with Gasteiger partial charge in [0, 0.05) is 13.1 Å². The molecule has 0 bridgehead atoms. The highest BCUT2D eigenvalue weighted by Gasteiger charge is 2.38. The number of hydrogen-bond acceptors (Lipinski definition) is 3. The highest BCUT2D eigenvalue weighted by molar-refractivity contribution is 7.89. The molecule has 4 nitrogen and oxygen atoms in total. The average molecular weight is 323 g/mol. The van der Waals surface area contributed by atoms with Crippen LogP contribution in [0.25, 0.3) is 0 Å². The van der Waals surface area contributed by atoms with Crippen LogP contribution in [0.3, 0.4) is 0 Å². The normalized spacial score (nSPS) is 27.5. The summed E-state index contributed by atoms with van der Waals surface area (Å²) in [6.07, 6.45) is 4.36. The Hall–Kier alpha value is -0.910. The first-order chi connectivity index (χ1) is 10.5. The van der Waals surface area contributed by atoms with Gasteiger partial charge in [0.15, 0.2) is 0 Å². The zero-order chi connectivity index (χ0) is 15.7. The molecule has 0 radical (unpaired) electrons. The fraction of sp³-hybridized carbons (Fsp3) is 0.647. The molecule has 0 spiro atoms. The van der Waals surface area contributed by atoms with Crippen molar-refractivity contribution in [2.24, 2.45) is 5.92 Å². The Balaban J connectivity index is 1.81. The summed E-state index contributed by atoms with van der Waals surface area (Å²) in [5, 5.41) is 0. The van der Waals surface area contributed by atoms with E-state index in [9.17, 15) is 8.42 Å². The molecule has 1 aromatic rings. The summed E-state index contributed by atoms with van der Waals surface area (Å²) in [5.41, 5.74) is 1.07. The second kappa shape index (κ2) is 6.30. The van der Waals surface area contributed by atoms with E-state index in [1.54, 1.807) is 16.4 Å². The van der Waals surface area contributed by atoms with Gasteiger partial charge in [0.1, 0.15) is 0 Å². The van der Waals surface area contributed by atoms with Gasteiger partial charge in [0.25, 0.3) is 0 Å². The summed E-state index contributed by atoms with van der Waals surface area (Å²) in [4.78, 5) is 0.387. The summed E-state index contributed by atoms with van der Waals surface area (Å²) >= 11 is 0. The van der Waals surface area contributed by atoms with Crippen LogP contribution in [0.5, 0.6) is 0 Å². The van der Waals surface area contributed by atoms with E-state index in [-0.39, 0.29) is 12.2 Å². The molecule has 0 N–H and O–H groups in total. The molecule has 1 heterocycles. The Labute approximate surface area is 133 Å². The van der Waals surface area contributed by atoms with Gasteiger partial charge in [-0.2, -0.15) is 4.31 Å². The van der Waals surface area contributed by atoms with Crippen LogP contribution in [0.15, 0.2) is 29.2 Å². The van der Waals surface area contributed by atoms with Crippen LogP contribution in [0.2, 0.25) is 0 Å². The number of sulfonamides is 1. The molecule has 122 valence electrons. The topological polar surface area (TPSA) is 46.6 Å². The summed E-state index contributed by atoms with van der Waals surface area (Å²) < 4.78 is 33.5. The van der Waals surface area contributed by atoms with Gasteiger partial charge >= 0.3 is 0 Å². The number of ether oxygens (including phenoxy) is 1. The predicted molar refractivity (Wildman–Crippen MR) is 86.2 cm³/mol. The fourth-order valence-corrected chi connectivity index (χ4v) is 4.55. The molecule has 0 aromatic heterocycles. The van der Waals surface area contributed by atoms with Crippen LogP contribution < -0.4 is 0 Å². The maximum atomic E-state index is 12.9. The van der Waals surface area contributed by atoms with Gasteiger partial charge < -0.3 is 4.74 Å². The number of hydrogen-bond donors (Lipinski definition) is 0. The van der Waals surface area contributed by atoms with Crippen LogP contribution in [-0.2, 0) is 14.8 Å². The van der Waals surface area contributed by atoms with E-state index in [2.05, 4.69) is 6.92 Å². The molecule has 0 amide bonds. The van der Waals surface area contributed by atoms with Gasteiger partial charge in [-0.1, -0.05) is 24.6 Å². The van der Waals surface area contributed by atoms with Crippen LogP contribution in [-0.4, -0.2) is 38.0 Å². The van der Waals surface area contributed by atoms with E-state index < -0.39 is 10.0 Å². The molecular weight excluding hydrogens is 298 g/mol. The van der Waals surface area contributed by atoms with Crippen molar-refractivity contribution in [3.05, 3.63) is 29.8 Å². The Morgan fingerprint density at radius 3 is 2.45 bits per heavy atom. The molecule has 1 aliphatic carbocycles. The summed E-state index contributed by atoms with van der Waals surface area (Å²) in [5.74, 6) is 0.649. The van der Waals surface area contributed by atoms with E-state index >= 15 is 0 Å². The van der Waals surface area contributed by atoms with Crippen molar-refractivity contribution in [1.82, 2.24) is 4.31 Å². The van der Waals surface area contributed by atoms with Crippen molar-refractivity contribution in [3.63, 3.8) is 0 Å².